The number of carbonyl (C=O) groups excluding carboxylic acids is 1. The van der Waals surface area contributed by atoms with Crippen molar-refractivity contribution >= 4 is 47.1 Å². The summed E-state index contributed by atoms with van der Waals surface area (Å²) in [6, 6.07) is 13.8. The minimum atomic E-state index is -0.127. The zero-order chi connectivity index (χ0) is 22.5. The van der Waals surface area contributed by atoms with Crippen LogP contribution in [0, 0.1) is 27.7 Å². The third kappa shape index (κ3) is 6.16. The molecule has 0 unspecified atom stereocenters. The molecular formula is C24H25Cl2N3OS. The molecule has 2 aromatic carbocycles. The third-order valence-electron chi connectivity index (χ3n) is 4.80. The molecule has 0 bridgehead atoms. The Labute approximate surface area is 197 Å². The fraction of sp³-hybridized carbons (Fsp3) is 0.250. The minimum absolute atomic E-state index is 0.127. The molecule has 1 N–H and O–H groups in total. The van der Waals surface area contributed by atoms with Crippen molar-refractivity contribution in [2.75, 3.05) is 5.75 Å². The van der Waals surface area contributed by atoms with Gasteiger partial charge in [0, 0.05) is 27.7 Å². The highest BCUT2D eigenvalue weighted by Crippen LogP contribution is 2.28. The summed E-state index contributed by atoms with van der Waals surface area (Å²) in [5, 5.41) is 5.37. The second kappa shape index (κ2) is 10.4. The van der Waals surface area contributed by atoms with Crippen LogP contribution in [-0.2, 0) is 10.5 Å². The predicted octanol–water partition coefficient (Wildman–Crippen LogP) is 6.40. The lowest BCUT2D eigenvalue weighted by molar-refractivity contribution is -0.118. The van der Waals surface area contributed by atoms with E-state index in [1.54, 1.807) is 30.1 Å². The van der Waals surface area contributed by atoms with Gasteiger partial charge in [-0.2, -0.15) is 5.10 Å². The summed E-state index contributed by atoms with van der Waals surface area (Å²) in [7, 11) is 0. The highest BCUT2D eigenvalue weighted by Gasteiger charge is 2.13. The van der Waals surface area contributed by atoms with Gasteiger partial charge in [-0.05, 0) is 57.5 Å². The van der Waals surface area contributed by atoms with Crippen LogP contribution in [-0.4, -0.2) is 22.4 Å². The maximum Gasteiger partial charge on any atom is 0.250 e. The van der Waals surface area contributed by atoms with E-state index in [0.29, 0.717) is 15.8 Å². The smallest absolute Gasteiger partial charge is 0.250 e. The Balaban J connectivity index is 1.59. The standard InChI is InChI=1S/C24H25Cl2N3OS/c1-15-7-16(2)9-19(8-15)13-31-14-24(30)28-27-12-20-10-17(3)29(18(20)4)23-11-21(25)5-6-22(23)26/h5-12H,13-14H2,1-4H3,(H,28,30)/b27-12+. The van der Waals surface area contributed by atoms with Gasteiger partial charge in [-0.15, -0.1) is 11.8 Å². The van der Waals surface area contributed by atoms with E-state index in [9.17, 15) is 4.79 Å². The van der Waals surface area contributed by atoms with Gasteiger partial charge in [0.2, 0.25) is 5.91 Å². The van der Waals surface area contributed by atoms with Crippen molar-refractivity contribution in [1.82, 2.24) is 9.99 Å². The zero-order valence-electron chi connectivity index (χ0n) is 18.0. The van der Waals surface area contributed by atoms with Crippen molar-refractivity contribution in [1.29, 1.82) is 0 Å². The lowest BCUT2D eigenvalue weighted by Gasteiger charge is -2.12. The fourth-order valence-electron chi connectivity index (χ4n) is 3.57. The van der Waals surface area contributed by atoms with E-state index in [4.69, 9.17) is 23.2 Å². The zero-order valence-corrected chi connectivity index (χ0v) is 20.3. The first-order valence-electron chi connectivity index (χ1n) is 9.86. The van der Waals surface area contributed by atoms with Crippen LogP contribution in [0.25, 0.3) is 5.69 Å². The summed E-state index contributed by atoms with van der Waals surface area (Å²) >= 11 is 14.1. The largest absolute Gasteiger partial charge is 0.316 e. The molecule has 0 atom stereocenters. The highest BCUT2D eigenvalue weighted by molar-refractivity contribution is 7.99. The Kier molecular flexibility index (Phi) is 7.87. The average Bonchev–Trinajstić information content (AvgIpc) is 2.96. The normalized spacial score (nSPS) is 11.3. The van der Waals surface area contributed by atoms with Crippen LogP contribution in [0.5, 0.6) is 0 Å². The summed E-state index contributed by atoms with van der Waals surface area (Å²) in [4.78, 5) is 12.1. The van der Waals surface area contributed by atoms with Gasteiger partial charge in [-0.25, -0.2) is 5.43 Å². The topological polar surface area (TPSA) is 46.4 Å². The molecule has 7 heteroatoms. The molecule has 4 nitrogen and oxygen atoms in total. The van der Waals surface area contributed by atoms with Crippen molar-refractivity contribution in [3.63, 3.8) is 0 Å². The summed E-state index contributed by atoms with van der Waals surface area (Å²) in [5.74, 6) is 1.01. The average molecular weight is 474 g/mol. The van der Waals surface area contributed by atoms with Gasteiger partial charge in [0.1, 0.15) is 0 Å². The molecule has 3 rings (SSSR count). The van der Waals surface area contributed by atoms with Crippen LogP contribution in [0.15, 0.2) is 47.6 Å². The lowest BCUT2D eigenvalue weighted by Crippen LogP contribution is -2.19. The Morgan fingerprint density at radius 1 is 1.06 bits per heavy atom. The maximum atomic E-state index is 12.1. The molecule has 0 aliphatic heterocycles. The van der Waals surface area contributed by atoms with Crippen LogP contribution in [0.3, 0.4) is 0 Å². The first kappa shape index (κ1) is 23.5. The lowest BCUT2D eigenvalue weighted by atomic mass is 10.1. The van der Waals surface area contributed by atoms with Crippen molar-refractivity contribution in [2.24, 2.45) is 5.10 Å². The molecule has 0 saturated heterocycles. The number of aryl methyl sites for hydroxylation is 3. The van der Waals surface area contributed by atoms with Crippen LogP contribution < -0.4 is 5.43 Å². The Morgan fingerprint density at radius 3 is 2.48 bits per heavy atom. The van der Waals surface area contributed by atoms with Crippen LogP contribution in [0.1, 0.15) is 33.6 Å². The van der Waals surface area contributed by atoms with Crippen molar-refractivity contribution in [3.8, 4) is 5.69 Å². The summed E-state index contributed by atoms with van der Waals surface area (Å²) < 4.78 is 2.02. The number of hydrazone groups is 1. The molecule has 1 amide bonds. The van der Waals surface area contributed by atoms with Gasteiger partial charge in [-0.1, -0.05) is 52.5 Å². The van der Waals surface area contributed by atoms with E-state index in [2.05, 4.69) is 42.6 Å². The van der Waals surface area contributed by atoms with Crippen molar-refractivity contribution in [2.45, 2.75) is 33.4 Å². The van der Waals surface area contributed by atoms with E-state index >= 15 is 0 Å². The number of rotatable bonds is 7. The number of halogens is 2. The SMILES string of the molecule is Cc1cc(C)cc(CSCC(=O)N/N=C/c2cc(C)n(-c3cc(Cl)ccc3Cl)c2C)c1. The third-order valence-corrected chi connectivity index (χ3v) is 6.35. The van der Waals surface area contributed by atoms with Gasteiger partial charge < -0.3 is 4.57 Å². The number of hydrogen-bond acceptors (Lipinski definition) is 3. The summed E-state index contributed by atoms with van der Waals surface area (Å²) in [6.07, 6.45) is 1.66. The Morgan fingerprint density at radius 2 is 1.77 bits per heavy atom. The maximum absolute atomic E-state index is 12.1. The molecule has 0 aliphatic rings. The number of amides is 1. The van der Waals surface area contributed by atoms with Crippen molar-refractivity contribution in [3.05, 3.63) is 86.2 Å². The molecule has 0 aliphatic carbocycles. The van der Waals surface area contributed by atoms with E-state index in [0.717, 1.165) is 28.4 Å². The summed E-state index contributed by atoms with van der Waals surface area (Å²) in [6.45, 7) is 8.14. The van der Waals surface area contributed by atoms with Gasteiger partial charge in [-0.3, -0.25) is 4.79 Å². The second-order valence-electron chi connectivity index (χ2n) is 7.54. The molecular weight excluding hydrogens is 449 g/mol. The highest BCUT2D eigenvalue weighted by atomic mass is 35.5. The number of nitrogens with one attached hydrogen (secondary N) is 1. The molecule has 1 heterocycles. The van der Waals surface area contributed by atoms with Crippen molar-refractivity contribution < 1.29 is 4.79 Å². The first-order chi connectivity index (χ1) is 14.7. The number of aromatic nitrogens is 1. The predicted molar refractivity (Wildman–Crippen MR) is 133 cm³/mol. The molecule has 0 radical (unpaired) electrons. The molecule has 1 aromatic heterocycles. The number of carbonyl (C=O) groups is 1. The molecule has 31 heavy (non-hydrogen) atoms. The van der Waals surface area contributed by atoms with Gasteiger partial charge in [0.25, 0.3) is 0 Å². The number of hydrogen-bond donors (Lipinski definition) is 1. The van der Waals surface area contributed by atoms with Crippen LogP contribution >= 0.6 is 35.0 Å². The number of nitrogens with zero attached hydrogens (tertiary/aromatic N) is 2. The molecule has 162 valence electrons. The number of thioether (sulfide) groups is 1. The van der Waals surface area contributed by atoms with Crippen LogP contribution in [0.4, 0.5) is 0 Å². The molecule has 3 aromatic rings. The summed E-state index contributed by atoms with van der Waals surface area (Å²) in [5.41, 5.74) is 9.99. The number of benzene rings is 2. The van der Waals surface area contributed by atoms with Crippen LogP contribution in [0.2, 0.25) is 10.0 Å². The Bertz CT molecular complexity index is 1120. The van der Waals surface area contributed by atoms with Gasteiger partial charge in [0.15, 0.2) is 0 Å². The molecule has 0 saturated carbocycles. The molecule has 0 fully saturated rings. The quantitative estimate of drug-likeness (QED) is 0.318. The molecule has 0 spiro atoms. The first-order valence-corrected chi connectivity index (χ1v) is 11.8. The van der Waals surface area contributed by atoms with E-state index < -0.39 is 0 Å². The Hall–Kier alpha value is -2.21. The van der Waals surface area contributed by atoms with E-state index in [-0.39, 0.29) is 5.91 Å². The second-order valence-corrected chi connectivity index (χ2v) is 9.37. The van der Waals surface area contributed by atoms with Gasteiger partial charge in [0.05, 0.1) is 22.7 Å². The fourth-order valence-corrected chi connectivity index (χ4v) is 4.69. The minimum Gasteiger partial charge on any atom is -0.316 e. The van der Waals surface area contributed by atoms with E-state index in [1.807, 2.05) is 30.5 Å². The monoisotopic (exact) mass is 473 g/mol. The van der Waals surface area contributed by atoms with Gasteiger partial charge >= 0.3 is 0 Å². The van der Waals surface area contributed by atoms with E-state index in [1.165, 1.54) is 16.7 Å².